The minimum absolute atomic E-state index is 0.349. The van der Waals surface area contributed by atoms with E-state index >= 15 is 0 Å². The molecule has 19 heavy (non-hydrogen) atoms. The smallest absolute Gasteiger partial charge is 0.326 e. The molecule has 0 bridgehead atoms. The van der Waals surface area contributed by atoms with Crippen LogP contribution in [0.4, 0.5) is 0 Å². The van der Waals surface area contributed by atoms with Crippen LogP contribution < -0.4 is 11.1 Å². The largest absolute Gasteiger partial charge is 0.480 e. The lowest BCUT2D eigenvalue weighted by atomic mass is 10.0. The maximum Gasteiger partial charge on any atom is 0.326 e. The molecule has 0 saturated carbocycles. The third-order valence-electron chi connectivity index (χ3n) is 2.96. The van der Waals surface area contributed by atoms with Gasteiger partial charge in [-0.25, -0.2) is 4.79 Å². The fourth-order valence-electron chi connectivity index (χ4n) is 1.68. The number of aryl methyl sites for hydroxylation is 1. The Bertz CT molecular complexity index is 420. The number of carboxylic acid groups (broad SMARTS) is 1. The Labute approximate surface area is 112 Å². The average molecular weight is 264 g/mol. The van der Waals surface area contributed by atoms with Gasteiger partial charge in [-0.05, 0) is 24.8 Å². The summed E-state index contributed by atoms with van der Waals surface area (Å²) in [7, 11) is 0. The van der Waals surface area contributed by atoms with Crippen LogP contribution >= 0.6 is 0 Å². The Balaban J connectivity index is 2.54. The van der Waals surface area contributed by atoms with Crippen molar-refractivity contribution in [3.63, 3.8) is 0 Å². The highest BCUT2D eigenvalue weighted by Gasteiger charge is 2.22. The number of aliphatic carboxylic acids is 1. The van der Waals surface area contributed by atoms with Crippen molar-refractivity contribution in [1.29, 1.82) is 0 Å². The number of nitrogens with one attached hydrogen (secondary N) is 1. The Kier molecular flexibility index (Phi) is 6.02. The summed E-state index contributed by atoms with van der Waals surface area (Å²) < 4.78 is 0. The number of rotatable bonds is 7. The molecule has 0 fully saturated rings. The van der Waals surface area contributed by atoms with E-state index in [0.29, 0.717) is 19.3 Å². The average Bonchev–Trinajstić information content (AvgIpc) is 2.42. The molecular weight excluding hydrogens is 244 g/mol. The number of carbonyl (C=O) groups is 2. The highest BCUT2D eigenvalue weighted by molar-refractivity contribution is 5.86. The molecule has 0 aliphatic rings. The van der Waals surface area contributed by atoms with Gasteiger partial charge in [0.25, 0.3) is 0 Å². The second kappa shape index (κ2) is 7.53. The van der Waals surface area contributed by atoms with Crippen LogP contribution in [0.1, 0.15) is 25.3 Å². The van der Waals surface area contributed by atoms with Crippen molar-refractivity contribution in [3.8, 4) is 0 Å². The Morgan fingerprint density at radius 2 is 1.95 bits per heavy atom. The first-order chi connectivity index (χ1) is 9.04. The molecule has 4 N–H and O–H groups in total. The fourth-order valence-corrected chi connectivity index (χ4v) is 1.68. The van der Waals surface area contributed by atoms with E-state index in [1.54, 1.807) is 6.92 Å². The summed E-state index contributed by atoms with van der Waals surface area (Å²) in [6.07, 6.45) is 1.43. The normalized spacial score (nSPS) is 13.6. The standard InChI is InChI=1S/C14H20N2O3/c1-2-11(15)13(17)16-12(14(18)19)9-8-10-6-4-3-5-7-10/h3-7,11-12H,2,8-9,15H2,1H3,(H,16,17)(H,18,19)/t11-,12?/m0/s1. The number of amides is 1. The van der Waals surface area contributed by atoms with E-state index in [9.17, 15) is 9.59 Å². The topological polar surface area (TPSA) is 92.4 Å². The molecule has 5 nitrogen and oxygen atoms in total. The lowest BCUT2D eigenvalue weighted by Crippen LogP contribution is -2.48. The lowest BCUT2D eigenvalue weighted by Gasteiger charge is -2.17. The maximum atomic E-state index is 11.6. The van der Waals surface area contributed by atoms with Gasteiger partial charge in [-0.15, -0.1) is 0 Å². The number of nitrogens with two attached hydrogens (primary N) is 1. The van der Waals surface area contributed by atoms with Crippen LogP contribution in [0, 0.1) is 0 Å². The zero-order valence-electron chi connectivity index (χ0n) is 11.0. The minimum Gasteiger partial charge on any atom is -0.480 e. The van der Waals surface area contributed by atoms with Crippen molar-refractivity contribution in [2.45, 2.75) is 38.3 Å². The zero-order valence-corrected chi connectivity index (χ0v) is 11.0. The van der Waals surface area contributed by atoms with Gasteiger partial charge in [0, 0.05) is 0 Å². The summed E-state index contributed by atoms with van der Waals surface area (Å²) in [4.78, 5) is 22.7. The van der Waals surface area contributed by atoms with Gasteiger partial charge >= 0.3 is 5.97 Å². The van der Waals surface area contributed by atoms with Crippen molar-refractivity contribution in [2.75, 3.05) is 0 Å². The van der Waals surface area contributed by atoms with Crippen LogP contribution in [0.15, 0.2) is 30.3 Å². The Morgan fingerprint density at radius 1 is 1.32 bits per heavy atom. The summed E-state index contributed by atoms with van der Waals surface area (Å²) in [5.41, 5.74) is 6.61. The Hall–Kier alpha value is -1.88. The van der Waals surface area contributed by atoms with E-state index in [2.05, 4.69) is 5.32 Å². The summed E-state index contributed by atoms with van der Waals surface area (Å²) in [6, 6.07) is 8.01. The molecule has 2 atom stereocenters. The molecule has 0 radical (unpaired) electrons. The second-order valence-electron chi connectivity index (χ2n) is 4.44. The monoisotopic (exact) mass is 264 g/mol. The van der Waals surface area contributed by atoms with Crippen LogP contribution in [-0.4, -0.2) is 29.1 Å². The molecule has 1 aromatic carbocycles. The molecule has 0 aliphatic carbocycles. The number of carboxylic acids is 1. The van der Waals surface area contributed by atoms with Gasteiger partial charge in [0.05, 0.1) is 6.04 Å². The molecule has 5 heteroatoms. The molecule has 1 unspecified atom stereocenters. The van der Waals surface area contributed by atoms with E-state index in [-0.39, 0.29) is 0 Å². The number of hydrogen-bond acceptors (Lipinski definition) is 3. The van der Waals surface area contributed by atoms with Gasteiger partial charge in [-0.1, -0.05) is 37.3 Å². The van der Waals surface area contributed by atoms with Gasteiger partial charge in [-0.2, -0.15) is 0 Å². The highest BCUT2D eigenvalue weighted by atomic mass is 16.4. The van der Waals surface area contributed by atoms with Crippen LogP contribution in [0.25, 0.3) is 0 Å². The van der Waals surface area contributed by atoms with Crippen molar-refractivity contribution in [3.05, 3.63) is 35.9 Å². The second-order valence-corrected chi connectivity index (χ2v) is 4.44. The number of carbonyl (C=O) groups excluding carboxylic acids is 1. The summed E-state index contributed by atoms with van der Waals surface area (Å²) in [6.45, 7) is 1.78. The number of hydrogen-bond donors (Lipinski definition) is 3. The molecule has 1 aromatic rings. The molecule has 1 amide bonds. The van der Waals surface area contributed by atoms with Crippen LogP contribution in [-0.2, 0) is 16.0 Å². The van der Waals surface area contributed by atoms with E-state index < -0.39 is 24.0 Å². The van der Waals surface area contributed by atoms with Crippen LogP contribution in [0.5, 0.6) is 0 Å². The minimum atomic E-state index is -1.03. The highest BCUT2D eigenvalue weighted by Crippen LogP contribution is 2.05. The molecule has 104 valence electrons. The SMILES string of the molecule is CC[C@H](N)C(=O)NC(CCc1ccccc1)C(=O)O. The maximum absolute atomic E-state index is 11.6. The Morgan fingerprint density at radius 3 is 2.47 bits per heavy atom. The molecular formula is C14H20N2O3. The first-order valence-corrected chi connectivity index (χ1v) is 6.37. The quantitative estimate of drug-likeness (QED) is 0.683. The molecule has 0 aromatic heterocycles. The van der Waals surface area contributed by atoms with Crippen LogP contribution in [0.2, 0.25) is 0 Å². The van der Waals surface area contributed by atoms with Crippen molar-refractivity contribution >= 4 is 11.9 Å². The van der Waals surface area contributed by atoms with Gasteiger partial charge in [-0.3, -0.25) is 4.79 Å². The predicted molar refractivity (Wildman–Crippen MR) is 72.6 cm³/mol. The molecule has 0 saturated heterocycles. The fraction of sp³-hybridized carbons (Fsp3) is 0.429. The number of benzene rings is 1. The van der Waals surface area contributed by atoms with E-state index in [1.165, 1.54) is 0 Å². The molecule has 0 aliphatic heterocycles. The van der Waals surface area contributed by atoms with Gasteiger partial charge in [0.2, 0.25) is 5.91 Å². The van der Waals surface area contributed by atoms with Crippen molar-refractivity contribution < 1.29 is 14.7 Å². The van der Waals surface area contributed by atoms with E-state index in [0.717, 1.165) is 5.56 Å². The third kappa shape index (κ3) is 5.09. The van der Waals surface area contributed by atoms with Crippen LogP contribution in [0.3, 0.4) is 0 Å². The van der Waals surface area contributed by atoms with E-state index in [4.69, 9.17) is 10.8 Å². The molecule has 1 rings (SSSR count). The first kappa shape index (κ1) is 15.2. The zero-order chi connectivity index (χ0) is 14.3. The summed E-state index contributed by atoms with van der Waals surface area (Å²) >= 11 is 0. The molecule has 0 heterocycles. The lowest BCUT2D eigenvalue weighted by molar-refractivity contribution is -0.142. The predicted octanol–water partition coefficient (Wildman–Crippen LogP) is 0.926. The summed E-state index contributed by atoms with van der Waals surface area (Å²) in [5, 5.41) is 11.6. The van der Waals surface area contributed by atoms with Crippen molar-refractivity contribution in [1.82, 2.24) is 5.32 Å². The first-order valence-electron chi connectivity index (χ1n) is 6.37. The van der Waals surface area contributed by atoms with Gasteiger partial charge in [0.15, 0.2) is 0 Å². The third-order valence-corrected chi connectivity index (χ3v) is 2.96. The summed E-state index contributed by atoms with van der Waals surface area (Å²) in [5.74, 6) is -1.45. The van der Waals surface area contributed by atoms with Crippen molar-refractivity contribution in [2.24, 2.45) is 5.73 Å². The van der Waals surface area contributed by atoms with E-state index in [1.807, 2.05) is 30.3 Å². The van der Waals surface area contributed by atoms with Gasteiger partial charge in [0.1, 0.15) is 6.04 Å². The molecule has 0 spiro atoms. The van der Waals surface area contributed by atoms with Gasteiger partial charge < -0.3 is 16.2 Å².